The van der Waals surface area contributed by atoms with Crippen molar-refractivity contribution in [2.45, 2.75) is 0 Å². The Kier molecular flexibility index (Phi) is 52.3. The van der Waals surface area contributed by atoms with Gasteiger partial charge in [-0.15, -0.1) is 17.9 Å². The monoisotopic (exact) mass is 159 g/mol. The summed E-state index contributed by atoms with van der Waals surface area (Å²) in [4.78, 5) is 0. The zero-order valence-electron chi connectivity index (χ0n) is 1.85. The molecule has 0 saturated carbocycles. The molecular formula is H4ClNiP2. The van der Waals surface area contributed by atoms with Crippen molar-refractivity contribution in [3.63, 3.8) is 0 Å². The third-order valence-electron chi connectivity index (χ3n) is 0. The Labute approximate surface area is 43.0 Å². The van der Waals surface area contributed by atoms with Gasteiger partial charge in [-0.25, -0.2) is 0 Å². The van der Waals surface area contributed by atoms with Crippen LogP contribution in [0, 0.1) is 0 Å². The molecule has 0 aliphatic heterocycles. The van der Waals surface area contributed by atoms with Gasteiger partial charge in [0.2, 0.25) is 0 Å². The van der Waals surface area contributed by atoms with E-state index in [9.17, 15) is 0 Å². The molecule has 2 unspecified atom stereocenters. The molecule has 31 valence electrons. The van der Waals surface area contributed by atoms with Crippen LogP contribution in [0.5, 0.6) is 0 Å². The van der Waals surface area contributed by atoms with Gasteiger partial charge in [0.1, 0.15) is 0 Å². The van der Waals surface area contributed by atoms with Crippen LogP contribution in [-0.4, -0.2) is 0 Å². The van der Waals surface area contributed by atoms with Crippen LogP contribution in [0.15, 0.2) is 0 Å². The minimum atomic E-state index is 2.33. The molecule has 0 amide bonds. The second-order valence-corrected chi connectivity index (χ2v) is 0. The standard InChI is InChI=1S/ClH.Ni.H4P2/c;;1-2/h1H;;1-2H2/q;+1;/p-1. The molecule has 4 heavy (non-hydrogen) atoms. The molecule has 0 heterocycles. The van der Waals surface area contributed by atoms with Crippen molar-refractivity contribution < 1.29 is 14.6 Å². The molecule has 4 heteroatoms. The topological polar surface area (TPSA) is 0 Å². The van der Waals surface area contributed by atoms with Crippen LogP contribution < -0.4 is 0 Å². The van der Waals surface area contributed by atoms with Crippen LogP contribution in [0.3, 0.4) is 0 Å². The van der Waals surface area contributed by atoms with Gasteiger partial charge in [-0.3, -0.25) is 0 Å². The number of hydrogen-bond acceptors (Lipinski definition) is 0. The van der Waals surface area contributed by atoms with Gasteiger partial charge in [-0.05, 0) is 0 Å². The first-order valence-electron chi connectivity index (χ1n) is 0.453. The first-order valence-corrected chi connectivity index (χ1v) is 4.48. The molecule has 0 rings (SSSR count). The number of halogens is 1. The van der Waals surface area contributed by atoms with E-state index < -0.39 is 0 Å². The van der Waals surface area contributed by atoms with Crippen molar-refractivity contribution in [2.75, 3.05) is 0 Å². The van der Waals surface area contributed by atoms with E-state index in [2.05, 4.69) is 42.6 Å². The molecule has 2 atom stereocenters. The van der Waals surface area contributed by atoms with E-state index >= 15 is 0 Å². The normalized spacial score (nSPS) is 3.25. The molecular weight excluding hydrogens is 156 g/mol. The summed E-state index contributed by atoms with van der Waals surface area (Å²) < 4.78 is 0. The van der Waals surface area contributed by atoms with Crippen molar-refractivity contribution >= 4 is 28.1 Å². The zero-order valence-corrected chi connectivity index (χ0v) is 5.90. The molecule has 0 aliphatic carbocycles. The average molecular weight is 160 g/mol. The van der Waals surface area contributed by atoms with Gasteiger partial charge in [0, 0.05) is 0 Å². The fourth-order valence-corrected chi connectivity index (χ4v) is 0. The molecule has 0 nitrogen and oxygen atoms in total. The maximum absolute atomic E-state index is 4.26. The van der Waals surface area contributed by atoms with Crippen molar-refractivity contribution in [1.29, 1.82) is 0 Å². The summed E-state index contributed by atoms with van der Waals surface area (Å²) in [5, 5.41) is 0. The fourth-order valence-electron chi connectivity index (χ4n) is 0. The summed E-state index contributed by atoms with van der Waals surface area (Å²) in [5.41, 5.74) is 0. The van der Waals surface area contributed by atoms with Crippen molar-refractivity contribution in [3.8, 4) is 0 Å². The first-order chi connectivity index (χ1) is 2.00. The Morgan fingerprint density at radius 3 is 1.25 bits per heavy atom. The quantitative estimate of drug-likeness (QED) is 0.370. The fraction of sp³-hybridized carbons (Fsp3) is 0. The Hall–Kier alpha value is 1.64. The second kappa shape index (κ2) is 22.8. The first kappa shape index (κ1) is 9.17. The molecule has 0 aromatic carbocycles. The molecule has 0 spiro atoms. The van der Waals surface area contributed by atoms with Crippen molar-refractivity contribution in [2.24, 2.45) is 0 Å². The summed E-state index contributed by atoms with van der Waals surface area (Å²) in [7, 11) is 8.93. The summed E-state index contributed by atoms with van der Waals surface area (Å²) in [6.45, 7) is 0. The third kappa shape index (κ3) is 9.43. The number of rotatable bonds is 0. The van der Waals surface area contributed by atoms with Gasteiger partial charge in [0.25, 0.3) is 0 Å². The van der Waals surface area contributed by atoms with Crippen molar-refractivity contribution in [1.82, 2.24) is 0 Å². The summed E-state index contributed by atoms with van der Waals surface area (Å²) in [6, 6.07) is 0. The van der Waals surface area contributed by atoms with Crippen LogP contribution in [0.1, 0.15) is 0 Å². The Bertz CT molecular complexity index is 6.00. The van der Waals surface area contributed by atoms with Crippen LogP contribution in [-0.2, 0) is 14.6 Å². The van der Waals surface area contributed by atoms with E-state index in [0.717, 1.165) is 0 Å². The van der Waals surface area contributed by atoms with Gasteiger partial charge in [0.05, 0.1) is 0 Å². The van der Waals surface area contributed by atoms with Gasteiger partial charge in [0.15, 0.2) is 0 Å². The molecule has 0 saturated heterocycles. The second-order valence-electron chi connectivity index (χ2n) is 0. The van der Waals surface area contributed by atoms with Crippen LogP contribution in [0.25, 0.3) is 0 Å². The van der Waals surface area contributed by atoms with E-state index in [1.165, 1.54) is 0 Å². The summed E-state index contributed by atoms with van der Waals surface area (Å²) >= 11 is 3.35. The molecule has 0 fully saturated rings. The predicted molar refractivity (Wildman–Crippen MR) is 25.3 cm³/mol. The molecule has 0 aromatic heterocycles. The Morgan fingerprint density at radius 1 is 1.25 bits per heavy atom. The zero-order chi connectivity index (χ0) is 4.00. The minimum absolute atomic E-state index is 2.33. The Balaban J connectivity index is 0. The van der Waals surface area contributed by atoms with Gasteiger partial charge < -0.3 is 0 Å². The van der Waals surface area contributed by atoms with E-state index in [1.54, 1.807) is 0 Å². The van der Waals surface area contributed by atoms with Crippen LogP contribution in [0.2, 0.25) is 0 Å². The SMILES string of the molecule is PP.[Cl][Ni]. The summed E-state index contributed by atoms with van der Waals surface area (Å²) in [6.07, 6.45) is 0. The van der Waals surface area contributed by atoms with E-state index in [1.807, 2.05) is 0 Å². The van der Waals surface area contributed by atoms with Crippen LogP contribution in [0.4, 0.5) is 0 Å². The van der Waals surface area contributed by atoms with E-state index in [4.69, 9.17) is 0 Å². The van der Waals surface area contributed by atoms with Gasteiger partial charge in [-0.2, -0.15) is 0 Å². The predicted octanol–water partition coefficient (Wildman–Crippen LogP) is 1.34. The molecule has 0 aliphatic rings. The van der Waals surface area contributed by atoms with Crippen molar-refractivity contribution in [3.05, 3.63) is 0 Å². The molecule has 0 N–H and O–H groups in total. The van der Waals surface area contributed by atoms with E-state index in [0.29, 0.717) is 0 Å². The number of hydrogen-bond donors (Lipinski definition) is 0. The van der Waals surface area contributed by atoms with Crippen LogP contribution >= 0.6 is 28.1 Å². The summed E-state index contributed by atoms with van der Waals surface area (Å²) in [5.74, 6) is 0. The third-order valence-corrected chi connectivity index (χ3v) is 0. The van der Waals surface area contributed by atoms with Gasteiger partial charge in [-0.1, -0.05) is 0 Å². The molecule has 0 aromatic rings. The molecule has 0 bridgehead atoms. The maximum atomic E-state index is 4.26. The Morgan fingerprint density at radius 2 is 1.25 bits per heavy atom. The van der Waals surface area contributed by atoms with Gasteiger partial charge >= 0.3 is 24.8 Å². The average Bonchev–Trinajstić information content (AvgIpc) is 1.50. The van der Waals surface area contributed by atoms with E-state index in [-0.39, 0.29) is 0 Å². The molecule has 0 radical (unpaired) electrons.